The minimum atomic E-state index is 0.606. The van der Waals surface area contributed by atoms with E-state index >= 15 is 0 Å². The smallest absolute Gasteiger partial charge is 0.225 e. The van der Waals surface area contributed by atoms with E-state index in [2.05, 4.69) is 20.3 Å². The first-order valence-corrected chi connectivity index (χ1v) is 6.88. The van der Waals surface area contributed by atoms with Crippen molar-refractivity contribution < 1.29 is 9.05 Å². The summed E-state index contributed by atoms with van der Waals surface area (Å²) in [5.74, 6) is 1.94. The molecule has 0 aromatic carbocycles. The standard InChI is InChI=1S/C15H17N5O2/c1-8-6-12(22-18-8)11-7-16-15(20(4)5)17-14(11)13-9(2)19-21-10(13)3/h6-7H,1-5H3. The summed E-state index contributed by atoms with van der Waals surface area (Å²) in [7, 11) is 3.79. The Balaban J connectivity index is 2.27. The van der Waals surface area contributed by atoms with Crippen LogP contribution in [-0.2, 0) is 0 Å². The van der Waals surface area contributed by atoms with Crippen molar-refractivity contribution in [3.63, 3.8) is 0 Å². The molecule has 114 valence electrons. The molecule has 0 N–H and O–H groups in total. The van der Waals surface area contributed by atoms with Crippen molar-refractivity contribution in [1.29, 1.82) is 0 Å². The lowest BCUT2D eigenvalue weighted by Crippen LogP contribution is -2.13. The van der Waals surface area contributed by atoms with Gasteiger partial charge in [0.15, 0.2) is 5.76 Å². The summed E-state index contributed by atoms with van der Waals surface area (Å²) in [5, 5.41) is 7.95. The highest BCUT2D eigenvalue weighted by atomic mass is 16.5. The first kappa shape index (κ1) is 14.2. The van der Waals surface area contributed by atoms with Crippen LogP contribution in [-0.4, -0.2) is 34.4 Å². The third kappa shape index (κ3) is 2.34. The fraction of sp³-hybridized carbons (Fsp3) is 0.333. The van der Waals surface area contributed by atoms with Crippen molar-refractivity contribution in [3.05, 3.63) is 29.4 Å². The van der Waals surface area contributed by atoms with Gasteiger partial charge in [0.2, 0.25) is 5.95 Å². The molecular formula is C15H17N5O2. The number of aryl methyl sites for hydroxylation is 3. The lowest BCUT2D eigenvalue weighted by molar-refractivity contribution is 0.393. The molecule has 0 unspecified atom stereocenters. The van der Waals surface area contributed by atoms with Crippen LogP contribution in [0.2, 0.25) is 0 Å². The summed E-state index contributed by atoms with van der Waals surface area (Å²) in [6.45, 7) is 5.62. The van der Waals surface area contributed by atoms with Gasteiger partial charge in [0.1, 0.15) is 5.76 Å². The van der Waals surface area contributed by atoms with E-state index in [0.717, 1.165) is 28.2 Å². The molecule has 3 rings (SSSR count). The molecule has 0 aliphatic rings. The molecule has 0 aliphatic carbocycles. The molecule has 3 heterocycles. The van der Waals surface area contributed by atoms with Crippen molar-refractivity contribution in [2.24, 2.45) is 0 Å². The van der Waals surface area contributed by atoms with Crippen molar-refractivity contribution in [2.45, 2.75) is 20.8 Å². The van der Waals surface area contributed by atoms with E-state index in [1.165, 1.54) is 0 Å². The van der Waals surface area contributed by atoms with Crippen LogP contribution in [0.15, 0.2) is 21.3 Å². The van der Waals surface area contributed by atoms with Crippen LogP contribution in [0.3, 0.4) is 0 Å². The zero-order valence-corrected chi connectivity index (χ0v) is 13.2. The summed E-state index contributed by atoms with van der Waals surface area (Å²) in [5.41, 5.74) is 3.93. The molecule has 0 atom stereocenters. The van der Waals surface area contributed by atoms with Gasteiger partial charge in [-0.15, -0.1) is 0 Å². The van der Waals surface area contributed by atoms with Crippen LogP contribution in [0.1, 0.15) is 17.1 Å². The Hall–Kier alpha value is -2.70. The fourth-order valence-corrected chi connectivity index (χ4v) is 2.27. The maximum atomic E-state index is 5.37. The third-order valence-corrected chi connectivity index (χ3v) is 3.34. The SMILES string of the molecule is Cc1cc(-c2cnc(N(C)C)nc2-c2c(C)noc2C)on1. The number of hydrogen-bond acceptors (Lipinski definition) is 7. The second-order valence-electron chi connectivity index (χ2n) is 5.36. The van der Waals surface area contributed by atoms with Gasteiger partial charge in [0.05, 0.1) is 28.2 Å². The topological polar surface area (TPSA) is 81.1 Å². The van der Waals surface area contributed by atoms with E-state index in [1.807, 2.05) is 45.8 Å². The molecule has 22 heavy (non-hydrogen) atoms. The maximum absolute atomic E-state index is 5.37. The van der Waals surface area contributed by atoms with E-state index < -0.39 is 0 Å². The lowest BCUT2D eigenvalue weighted by Gasteiger charge is -2.13. The molecular weight excluding hydrogens is 282 g/mol. The average molecular weight is 299 g/mol. The van der Waals surface area contributed by atoms with Gasteiger partial charge in [-0.05, 0) is 20.8 Å². The zero-order chi connectivity index (χ0) is 15.9. The Kier molecular flexibility index (Phi) is 3.40. The van der Waals surface area contributed by atoms with Crippen LogP contribution >= 0.6 is 0 Å². The fourth-order valence-electron chi connectivity index (χ4n) is 2.27. The van der Waals surface area contributed by atoms with E-state index in [-0.39, 0.29) is 0 Å². The van der Waals surface area contributed by atoms with E-state index in [1.54, 1.807) is 6.20 Å². The molecule has 0 fully saturated rings. The quantitative estimate of drug-likeness (QED) is 0.735. The van der Waals surface area contributed by atoms with Gasteiger partial charge in [-0.25, -0.2) is 9.97 Å². The molecule has 0 spiro atoms. The number of hydrogen-bond donors (Lipinski definition) is 0. The second kappa shape index (κ2) is 5.25. The Labute approximate surface area is 128 Å². The molecule has 0 saturated heterocycles. The van der Waals surface area contributed by atoms with Gasteiger partial charge in [-0.3, -0.25) is 0 Å². The first-order chi connectivity index (χ1) is 10.5. The van der Waals surface area contributed by atoms with Crippen molar-refractivity contribution in [3.8, 4) is 22.6 Å². The Bertz CT molecular complexity index is 800. The van der Waals surface area contributed by atoms with Gasteiger partial charge in [-0.1, -0.05) is 10.3 Å². The maximum Gasteiger partial charge on any atom is 0.225 e. The van der Waals surface area contributed by atoms with Gasteiger partial charge in [-0.2, -0.15) is 0 Å². The molecule has 0 aliphatic heterocycles. The van der Waals surface area contributed by atoms with Crippen LogP contribution < -0.4 is 4.90 Å². The summed E-state index contributed by atoms with van der Waals surface area (Å²) < 4.78 is 10.7. The third-order valence-electron chi connectivity index (χ3n) is 3.34. The largest absolute Gasteiger partial charge is 0.361 e. The van der Waals surface area contributed by atoms with Gasteiger partial charge in [0.25, 0.3) is 0 Å². The van der Waals surface area contributed by atoms with Gasteiger partial charge < -0.3 is 13.9 Å². The van der Waals surface area contributed by atoms with Crippen molar-refractivity contribution in [1.82, 2.24) is 20.3 Å². The molecule has 0 saturated carbocycles. The molecule has 0 radical (unpaired) electrons. The molecule has 3 aromatic rings. The summed E-state index contributed by atoms with van der Waals surface area (Å²) >= 11 is 0. The highest BCUT2D eigenvalue weighted by Gasteiger charge is 2.21. The van der Waals surface area contributed by atoms with Crippen LogP contribution in [0.4, 0.5) is 5.95 Å². The molecule has 3 aromatic heterocycles. The summed E-state index contributed by atoms with van der Waals surface area (Å²) in [6.07, 6.45) is 1.74. The molecule has 7 heteroatoms. The second-order valence-corrected chi connectivity index (χ2v) is 5.36. The number of anilines is 1. The summed E-state index contributed by atoms with van der Waals surface area (Å²) in [6, 6.07) is 1.86. The predicted octanol–water partition coefficient (Wildman–Crippen LogP) is 2.78. The minimum absolute atomic E-state index is 0.606. The zero-order valence-electron chi connectivity index (χ0n) is 13.2. The number of rotatable bonds is 3. The predicted molar refractivity (Wildman–Crippen MR) is 81.6 cm³/mol. The minimum Gasteiger partial charge on any atom is -0.361 e. The average Bonchev–Trinajstić information content (AvgIpc) is 3.04. The van der Waals surface area contributed by atoms with E-state index in [4.69, 9.17) is 9.05 Å². The van der Waals surface area contributed by atoms with Gasteiger partial charge in [0, 0.05) is 26.4 Å². The molecule has 0 amide bonds. The Morgan fingerprint density at radius 2 is 1.82 bits per heavy atom. The number of aromatic nitrogens is 4. The van der Waals surface area contributed by atoms with E-state index in [9.17, 15) is 0 Å². The van der Waals surface area contributed by atoms with Gasteiger partial charge >= 0.3 is 0 Å². The Morgan fingerprint density at radius 1 is 1.05 bits per heavy atom. The molecule has 0 bridgehead atoms. The normalized spacial score (nSPS) is 11.0. The highest BCUT2D eigenvalue weighted by molar-refractivity contribution is 5.80. The van der Waals surface area contributed by atoms with Crippen molar-refractivity contribution >= 4 is 5.95 Å². The monoisotopic (exact) mass is 299 g/mol. The Morgan fingerprint density at radius 3 is 2.36 bits per heavy atom. The lowest BCUT2D eigenvalue weighted by atomic mass is 10.0. The van der Waals surface area contributed by atoms with Crippen LogP contribution in [0.25, 0.3) is 22.6 Å². The van der Waals surface area contributed by atoms with Crippen LogP contribution in [0.5, 0.6) is 0 Å². The van der Waals surface area contributed by atoms with Crippen molar-refractivity contribution in [2.75, 3.05) is 19.0 Å². The van der Waals surface area contributed by atoms with Crippen LogP contribution in [0, 0.1) is 20.8 Å². The summed E-state index contributed by atoms with van der Waals surface area (Å²) in [4.78, 5) is 10.9. The highest BCUT2D eigenvalue weighted by Crippen LogP contribution is 2.35. The molecule has 7 nitrogen and oxygen atoms in total. The van der Waals surface area contributed by atoms with E-state index in [0.29, 0.717) is 17.5 Å². The first-order valence-electron chi connectivity index (χ1n) is 6.88. The number of nitrogens with zero attached hydrogens (tertiary/aromatic N) is 5.